The number of unbranched alkanes of at least 4 members (excludes halogenated alkanes) is 3. The molecule has 52 heavy (non-hydrogen) atoms. The van der Waals surface area contributed by atoms with Crippen molar-refractivity contribution in [3.63, 3.8) is 0 Å². The van der Waals surface area contributed by atoms with Gasteiger partial charge in [0.05, 0.1) is 23.3 Å². The van der Waals surface area contributed by atoms with E-state index in [4.69, 9.17) is 16.3 Å². The molecule has 2 aromatic carbocycles. The number of rotatable bonds is 13. The minimum Gasteiger partial charge on any atom is -0.493 e. The number of anilines is 1. The van der Waals surface area contributed by atoms with Gasteiger partial charge in [-0.2, -0.15) is 0 Å². The van der Waals surface area contributed by atoms with Crippen molar-refractivity contribution >= 4 is 46.0 Å². The smallest absolute Gasteiger partial charge is 0.246 e. The Labute approximate surface area is 308 Å². The number of aromatic nitrogens is 2. The Hall–Kier alpha value is -4.36. The quantitative estimate of drug-likeness (QED) is 0.173. The number of benzene rings is 2. The Bertz CT molecular complexity index is 1800. The number of aliphatic hydroxyl groups excluding tert-OH is 1. The van der Waals surface area contributed by atoms with Gasteiger partial charge in [0.15, 0.2) is 5.82 Å². The van der Waals surface area contributed by atoms with Gasteiger partial charge >= 0.3 is 0 Å². The van der Waals surface area contributed by atoms with Gasteiger partial charge < -0.3 is 29.9 Å². The Morgan fingerprint density at radius 3 is 2.46 bits per heavy atom. The van der Waals surface area contributed by atoms with Crippen LogP contribution in [-0.4, -0.2) is 101 Å². The number of β-amino-alcohol motifs (C(OH)–C–C–N with tert-alkyl or cyclic N) is 1. The second kappa shape index (κ2) is 17.0. The number of carbonyl (C=O) groups excluding carboxylic acids is 3. The van der Waals surface area contributed by atoms with E-state index in [1.165, 1.54) is 30.6 Å². The molecule has 0 radical (unpaired) electrons. The van der Waals surface area contributed by atoms with E-state index in [2.05, 4.69) is 21.9 Å². The first kappa shape index (κ1) is 38.9. The number of aliphatic hydroxyl groups is 1. The molecule has 3 aromatic rings. The summed E-state index contributed by atoms with van der Waals surface area (Å²) in [5.74, 6) is -1.43. The van der Waals surface area contributed by atoms with Gasteiger partial charge in [-0.3, -0.25) is 14.4 Å². The fraction of sp³-hybridized carbons (Fsp3) is 0.500. The van der Waals surface area contributed by atoms with Crippen LogP contribution in [0.4, 0.5) is 14.6 Å². The van der Waals surface area contributed by atoms with Gasteiger partial charge in [-0.25, -0.2) is 18.7 Å². The van der Waals surface area contributed by atoms with Crippen molar-refractivity contribution in [3.8, 4) is 16.9 Å². The van der Waals surface area contributed by atoms with Crippen LogP contribution in [0.5, 0.6) is 5.75 Å². The van der Waals surface area contributed by atoms with Crippen molar-refractivity contribution in [3.05, 3.63) is 59.9 Å². The highest BCUT2D eigenvalue weighted by atomic mass is 35.5. The van der Waals surface area contributed by atoms with Crippen LogP contribution in [0.25, 0.3) is 22.0 Å². The van der Waals surface area contributed by atoms with E-state index >= 15 is 8.78 Å². The zero-order chi connectivity index (χ0) is 37.6. The topological polar surface area (TPSA) is 128 Å². The van der Waals surface area contributed by atoms with Gasteiger partial charge in [0.1, 0.15) is 35.3 Å². The maximum absolute atomic E-state index is 16.3. The summed E-state index contributed by atoms with van der Waals surface area (Å²) in [4.78, 5) is 51.7. The minimum atomic E-state index is -0.798. The van der Waals surface area contributed by atoms with E-state index in [9.17, 15) is 19.5 Å². The fourth-order valence-electron chi connectivity index (χ4n) is 6.66. The molecule has 0 bridgehead atoms. The van der Waals surface area contributed by atoms with Crippen LogP contribution in [-0.2, 0) is 14.4 Å². The van der Waals surface area contributed by atoms with Crippen molar-refractivity contribution in [1.82, 2.24) is 25.1 Å². The standard InChI is InChI=1S/C38H47ClF2N6O5/c1-5-30(50)45-16-18-46(19-17-45)36-25-21-26(39)31(33(41)34(25)42-23-43-36)32-27(40)11-10-12-28(32)52-20-9-7-6-8-13-29(49)44-35(38(2,3)4)37(51)47-15-14-24(48)22-47/h5,10-12,21,23-24,35,48H,1,6-9,13-20,22H2,2-4H3,(H,44,49)/t24-,35?/m1/s1. The Morgan fingerprint density at radius 2 is 1.79 bits per heavy atom. The second-order valence-corrected chi connectivity index (χ2v) is 14.8. The minimum absolute atomic E-state index is 0.0136. The zero-order valence-electron chi connectivity index (χ0n) is 30.0. The third-order valence-electron chi connectivity index (χ3n) is 9.54. The molecule has 2 saturated heterocycles. The highest BCUT2D eigenvalue weighted by Crippen LogP contribution is 2.42. The number of amides is 3. The first-order valence-electron chi connectivity index (χ1n) is 17.8. The molecule has 0 aliphatic carbocycles. The lowest BCUT2D eigenvalue weighted by Crippen LogP contribution is -2.54. The maximum Gasteiger partial charge on any atom is 0.246 e. The SMILES string of the molecule is C=CC(=O)N1CCN(c2ncnc3c(F)c(-c4c(F)cccc4OCCCCCCC(=O)NC(C(=O)N4CC[C@@H](O)C4)C(C)(C)C)c(Cl)cc23)CC1. The zero-order valence-corrected chi connectivity index (χ0v) is 30.7. The van der Waals surface area contributed by atoms with E-state index in [0.717, 1.165) is 12.8 Å². The number of hydrogen-bond acceptors (Lipinski definition) is 8. The number of hydrogen-bond donors (Lipinski definition) is 2. The van der Waals surface area contributed by atoms with Crippen molar-refractivity contribution in [2.75, 3.05) is 50.8 Å². The number of carbonyl (C=O) groups is 3. The molecular formula is C38H47ClF2N6O5. The van der Waals surface area contributed by atoms with Crippen LogP contribution in [0.1, 0.15) is 59.3 Å². The fourth-order valence-corrected chi connectivity index (χ4v) is 6.95. The largest absolute Gasteiger partial charge is 0.493 e. The predicted octanol–water partition coefficient (Wildman–Crippen LogP) is 5.52. The predicted molar refractivity (Wildman–Crippen MR) is 196 cm³/mol. The number of ether oxygens (including phenoxy) is 1. The van der Waals surface area contributed by atoms with Gasteiger partial charge in [-0.1, -0.05) is 57.9 Å². The monoisotopic (exact) mass is 740 g/mol. The van der Waals surface area contributed by atoms with Crippen molar-refractivity contribution < 1.29 is 33.0 Å². The summed E-state index contributed by atoms with van der Waals surface area (Å²) in [6, 6.07) is 5.11. The van der Waals surface area contributed by atoms with Crippen molar-refractivity contribution in [2.24, 2.45) is 5.41 Å². The summed E-state index contributed by atoms with van der Waals surface area (Å²) in [6.07, 6.45) is 5.46. The van der Waals surface area contributed by atoms with Gasteiger partial charge in [-0.05, 0) is 49.0 Å². The summed E-state index contributed by atoms with van der Waals surface area (Å²) < 4.78 is 37.6. The van der Waals surface area contributed by atoms with Crippen molar-refractivity contribution in [1.29, 1.82) is 0 Å². The molecule has 0 spiro atoms. The summed E-state index contributed by atoms with van der Waals surface area (Å²) in [5.41, 5.74) is -0.769. The number of likely N-dealkylation sites (tertiary alicyclic amines) is 1. The molecule has 2 fully saturated rings. The van der Waals surface area contributed by atoms with Gasteiger partial charge in [0.25, 0.3) is 0 Å². The van der Waals surface area contributed by atoms with Crippen molar-refractivity contribution in [2.45, 2.75) is 71.4 Å². The first-order chi connectivity index (χ1) is 24.8. The van der Waals surface area contributed by atoms with E-state index in [0.29, 0.717) is 63.2 Å². The number of halogens is 3. The highest BCUT2D eigenvalue weighted by molar-refractivity contribution is 6.34. The number of fused-ring (bicyclic) bond motifs is 1. The van der Waals surface area contributed by atoms with Crippen LogP contribution in [0, 0.1) is 17.0 Å². The van der Waals surface area contributed by atoms with Crippen LogP contribution in [0.15, 0.2) is 43.2 Å². The van der Waals surface area contributed by atoms with Gasteiger partial charge in [-0.15, -0.1) is 0 Å². The summed E-state index contributed by atoms with van der Waals surface area (Å²) in [6.45, 7) is 12.1. The van der Waals surface area contributed by atoms with Gasteiger partial charge in [0, 0.05) is 56.6 Å². The van der Waals surface area contributed by atoms with E-state index in [-0.39, 0.29) is 64.7 Å². The number of nitrogens with one attached hydrogen (secondary N) is 1. The van der Waals surface area contributed by atoms with E-state index < -0.39 is 29.2 Å². The molecule has 1 aromatic heterocycles. The van der Waals surface area contributed by atoms with Crippen LogP contribution in [0.3, 0.4) is 0 Å². The summed E-state index contributed by atoms with van der Waals surface area (Å²) in [7, 11) is 0. The Morgan fingerprint density at radius 1 is 1.06 bits per heavy atom. The van der Waals surface area contributed by atoms with Gasteiger partial charge in [0.2, 0.25) is 17.7 Å². The third-order valence-corrected chi connectivity index (χ3v) is 9.84. The molecule has 2 N–H and O–H groups in total. The highest BCUT2D eigenvalue weighted by Gasteiger charge is 2.38. The molecule has 280 valence electrons. The third kappa shape index (κ3) is 8.98. The number of piperazine rings is 1. The lowest BCUT2D eigenvalue weighted by molar-refractivity contribution is -0.138. The maximum atomic E-state index is 16.3. The molecule has 3 heterocycles. The molecule has 11 nitrogen and oxygen atoms in total. The molecule has 14 heteroatoms. The average molecular weight is 741 g/mol. The molecule has 2 aliphatic rings. The Kier molecular flexibility index (Phi) is 12.7. The molecule has 3 amide bonds. The molecule has 2 atom stereocenters. The average Bonchev–Trinajstić information content (AvgIpc) is 3.56. The Balaban J connectivity index is 1.17. The summed E-state index contributed by atoms with van der Waals surface area (Å²) in [5, 5.41) is 13.1. The number of nitrogens with zero attached hydrogens (tertiary/aromatic N) is 5. The molecule has 5 rings (SSSR count). The summed E-state index contributed by atoms with van der Waals surface area (Å²) >= 11 is 6.67. The van der Waals surface area contributed by atoms with Crippen LogP contribution < -0.4 is 15.0 Å². The molecule has 0 saturated carbocycles. The normalized spacial score (nSPS) is 17.0. The lowest BCUT2D eigenvalue weighted by atomic mass is 9.85. The van der Waals surface area contributed by atoms with Crippen LogP contribution >= 0.6 is 11.6 Å². The molecule has 2 aliphatic heterocycles. The van der Waals surface area contributed by atoms with E-state index in [1.807, 2.05) is 25.7 Å². The van der Waals surface area contributed by atoms with E-state index in [1.54, 1.807) is 15.9 Å². The van der Waals surface area contributed by atoms with Crippen LogP contribution in [0.2, 0.25) is 5.02 Å². The molecule has 1 unspecified atom stereocenters. The lowest BCUT2D eigenvalue weighted by Gasteiger charge is -2.35. The first-order valence-corrected chi connectivity index (χ1v) is 18.1. The second-order valence-electron chi connectivity index (χ2n) is 14.4. The molecular weight excluding hydrogens is 694 g/mol.